The van der Waals surface area contributed by atoms with E-state index in [1.807, 2.05) is 146 Å². The molecule has 0 aliphatic carbocycles. The molecule has 0 aliphatic heterocycles. The maximum absolute atomic E-state index is 14.6. The molecule has 0 bridgehead atoms. The van der Waals surface area contributed by atoms with Crippen LogP contribution in [-0.4, -0.2) is 24.3 Å². The summed E-state index contributed by atoms with van der Waals surface area (Å²) in [5.41, 5.74) is 4.69. The lowest BCUT2D eigenvalue weighted by Gasteiger charge is -2.40. The average molecular weight is 645 g/mol. The van der Waals surface area contributed by atoms with Gasteiger partial charge in [0.2, 0.25) is 5.91 Å². The van der Waals surface area contributed by atoms with Gasteiger partial charge in [0.05, 0.1) is 37.8 Å². The van der Waals surface area contributed by atoms with Gasteiger partial charge in [0.25, 0.3) is 0 Å². The van der Waals surface area contributed by atoms with E-state index in [1.54, 1.807) is 4.90 Å². The predicted octanol–water partition coefficient (Wildman–Crippen LogP) is 8.35. The number of nitrogens with one attached hydrogen (secondary N) is 1. The fourth-order valence-corrected chi connectivity index (χ4v) is 6.22. The molecule has 6 aromatic carbocycles. The van der Waals surface area contributed by atoms with Gasteiger partial charge in [-0.2, -0.15) is 0 Å². The van der Waals surface area contributed by atoms with Gasteiger partial charge < -0.3 is 9.64 Å². The number of hydrogen-bond acceptors (Lipinski definition) is 4. The molecule has 1 atom stereocenters. The minimum absolute atomic E-state index is 0.0687. The predicted molar refractivity (Wildman–Crippen MR) is 196 cm³/mol. The molecule has 1 N–H and O–H groups in total. The molecule has 0 saturated heterocycles. The van der Waals surface area contributed by atoms with Crippen molar-refractivity contribution in [2.45, 2.75) is 31.2 Å². The number of para-hydroxylation sites is 1. The number of ketones is 1. The minimum atomic E-state index is -0.924. The van der Waals surface area contributed by atoms with Gasteiger partial charge in [0, 0.05) is 5.69 Å². The van der Waals surface area contributed by atoms with E-state index in [1.165, 1.54) is 0 Å². The molecule has 0 spiro atoms. The first-order valence-electron chi connectivity index (χ1n) is 16.6. The zero-order valence-corrected chi connectivity index (χ0v) is 27.4. The first-order valence-corrected chi connectivity index (χ1v) is 16.6. The number of rotatable bonds is 15. The Hall–Kier alpha value is -5.62. The van der Waals surface area contributed by atoms with Crippen LogP contribution < -0.4 is 10.2 Å². The highest BCUT2D eigenvalue weighted by atomic mass is 16.5. The highest BCUT2D eigenvalue weighted by Gasteiger charge is 2.40. The fraction of sp³-hybridized carbons (Fsp3) is 0.136. The number of benzene rings is 6. The first-order chi connectivity index (χ1) is 24.1. The normalized spacial score (nSPS) is 11.8. The van der Waals surface area contributed by atoms with Gasteiger partial charge >= 0.3 is 0 Å². The molecule has 0 unspecified atom stereocenters. The fourth-order valence-electron chi connectivity index (χ4n) is 6.22. The van der Waals surface area contributed by atoms with Gasteiger partial charge in [-0.05, 0) is 39.9 Å². The molecule has 5 heteroatoms. The Kier molecular flexibility index (Phi) is 11.2. The van der Waals surface area contributed by atoms with Gasteiger partial charge in [-0.3, -0.25) is 14.9 Å². The summed E-state index contributed by atoms with van der Waals surface area (Å²) < 4.78 is 6.27. The largest absolute Gasteiger partial charge is 0.375 e. The number of anilines is 1. The Balaban J connectivity index is 1.37. The van der Waals surface area contributed by atoms with Crippen molar-refractivity contribution in [1.29, 1.82) is 0 Å². The maximum atomic E-state index is 14.6. The van der Waals surface area contributed by atoms with Crippen molar-refractivity contribution in [3.05, 3.63) is 210 Å². The highest BCUT2D eigenvalue weighted by molar-refractivity contribution is 6.07. The third-order valence-corrected chi connectivity index (χ3v) is 8.67. The molecule has 0 heterocycles. The molecule has 0 saturated carbocycles. The lowest BCUT2D eigenvalue weighted by molar-refractivity contribution is -0.129. The summed E-state index contributed by atoms with van der Waals surface area (Å²) >= 11 is 0. The number of amides is 1. The highest BCUT2D eigenvalue weighted by Crippen LogP contribution is 2.37. The van der Waals surface area contributed by atoms with Crippen LogP contribution in [0, 0.1) is 0 Å². The molecule has 1 amide bonds. The molecule has 0 aromatic heterocycles. The third-order valence-electron chi connectivity index (χ3n) is 8.67. The summed E-state index contributed by atoms with van der Waals surface area (Å²) in [5, 5.41) is 3.79. The Morgan fingerprint density at radius 1 is 0.551 bits per heavy atom. The van der Waals surface area contributed by atoms with E-state index in [0.717, 1.165) is 33.5 Å². The van der Waals surface area contributed by atoms with Crippen molar-refractivity contribution in [3.8, 4) is 0 Å². The summed E-state index contributed by atoms with van der Waals surface area (Å²) in [7, 11) is 0. The number of hydrogen-bond donors (Lipinski definition) is 1. The van der Waals surface area contributed by atoms with Crippen LogP contribution in [0.4, 0.5) is 5.69 Å². The number of ether oxygens (including phenoxy) is 1. The molecule has 5 nitrogen and oxygen atoms in total. The van der Waals surface area contributed by atoms with Crippen LogP contribution >= 0.6 is 0 Å². The number of carbonyl (C=O) groups excluding carboxylic acids is 2. The van der Waals surface area contributed by atoms with Crippen molar-refractivity contribution in [2.75, 3.05) is 11.5 Å². The summed E-state index contributed by atoms with van der Waals surface area (Å²) in [6.07, 6.45) is -0.303. The standard InChI is InChI=1S/C44H40N2O3/c47-42(31-43(48)46(40-29-17-6-18-30-40)32-35-19-7-1-8-20-35)41(34-49-33-36-21-9-2-10-22-36)45-44(37-23-11-3-12-24-37,38-25-13-4-14-26-38)39-27-15-5-16-28-39/h1-30,41,45H,31-34H2/t41-/m0/s1. The van der Waals surface area contributed by atoms with E-state index < -0.39 is 11.6 Å². The quantitative estimate of drug-likeness (QED) is 0.0902. The summed E-state index contributed by atoms with van der Waals surface area (Å²) in [4.78, 5) is 30.4. The first kappa shape index (κ1) is 33.3. The van der Waals surface area contributed by atoms with Gasteiger partial charge in [0.15, 0.2) is 5.78 Å². The van der Waals surface area contributed by atoms with Crippen LogP contribution in [0.1, 0.15) is 34.2 Å². The summed E-state index contributed by atoms with van der Waals surface area (Å²) in [5.74, 6) is -0.529. The number of nitrogens with zero attached hydrogens (tertiary/aromatic N) is 1. The van der Waals surface area contributed by atoms with Gasteiger partial charge in [0.1, 0.15) is 0 Å². The monoisotopic (exact) mass is 644 g/mol. The van der Waals surface area contributed by atoms with Crippen molar-refractivity contribution < 1.29 is 14.3 Å². The Bertz CT molecular complexity index is 1790. The van der Waals surface area contributed by atoms with E-state index in [-0.39, 0.29) is 24.7 Å². The smallest absolute Gasteiger partial charge is 0.234 e. The number of carbonyl (C=O) groups is 2. The Labute approximate surface area is 288 Å². The van der Waals surface area contributed by atoms with Crippen LogP contribution in [0.25, 0.3) is 0 Å². The van der Waals surface area contributed by atoms with E-state index in [2.05, 4.69) is 41.7 Å². The number of Topliss-reactive ketones (excluding diaryl/α,β-unsaturated/α-hetero) is 1. The van der Waals surface area contributed by atoms with Crippen molar-refractivity contribution >= 4 is 17.4 Å². The maximum Gasteiger partial charge on any atom is 0.234 e. The topological polar surface area (TPSA) is 58.6 Å². The van der Waals surface area contributed by atoms with Crippen LogP contribution in [0.15, 0.2) is 182 Å². The van der Waals surface area contributed by atoms with Crippen LogP contribution in [-0.2, 0) is 33.0 Å². The summed E-state index contributed by atoms with van der Waals surface area (Å²) in [6.45, 7) is 0.750. The average Bonchev–Trinajstić information content (AvgIpc) is 3.17. The van der Waals surface area contributed by atoms with Crippen LogP contribution in [0.3, 0.4) is 0 Å². The van der Waals surface area contributed by atoms with Crippen molar-refractivity contribution in [1.82, 2.24) is 5.32 Å². The van der Waals surface area contributed by atoms with E-state index in [4.69, 9.17) is 4.74 Å². The van der Waals surface area contributed by atoms with Gasteiger partial charge in [-0.25, -0.2) is 0 Å². The van der Waals surface area contributed by atoms with Crippen LogP contribution in [0.2, 0.25) is 0 Å². The second-order valence-corrected chi connectivity index (χ2v) is 12.0. The van der Waals surface area contributed by atoms with Crippen molar-refractivity contribution in [2.24, 2.45) is 0 Å². The SMILES string of the molecule is O=C(CC(=O)N(Cc1ccccc1)c1ccccc1)[C@H](COCc1ccccc1)NC(c1ccccc1)(c1ccccc1)c1ccccc1. The zero-order chi connectivity index (χ0) is 33.7. The van der Waals surface area contributed by atoms with Crippen molar-refractivity contribution in [3.63, 3.8) is 0 Å². The molecule has 6 aromatic rings. The summed E-state index contributed by atoms with van der Waals surface area (Å²) in [6, 6.07) is 58.8. The minimum Gasteiger partial charge on any atom is -0.375 e. The van der Waals surface area contributed by atoms with Gasteiger partial charge in [-0.15, -0.1) is 0 Å². The molecular weight excluding hydrogens is 604 g/mol. The molecule has 0 radical (unpaired) electrons. The Morgan fingerprint density at radius 2 is 0.959 bits per heavy atom. The molecule has 6 rings (SSSR count). The molecular formula is C44H40N2O3. The zero-order valence-electron chi connectivity index (χ0n) is 27.4. The molecule has 244 valence electrons. The van der Waals surface area contributed by atoms with Gasteiger partial charge in [-0.1, -0.05) is 170 Å². The second kappa shape index (κ2) is 16.5. The van der Waals surface area contributed by atoms with E-state index >= 15 is 0 Å². The second-order valence-electron chi connectivity index (χ2n) is 12.0. The van der Waals surface area contributed by atoms with Crippen LogP contribution in [0.5, 0.6) is 0 Å². The lowest BCUT2D eigenvalue weighted by Crippen LogP contribution is -2.55. The molecule has 0 fully saturated rings. The Morgan fingerprint density at radius 3 is 1.43 bits per heavy atom. The third kappa shape index (κ3) is 8.28. The molecule has 49 heavy (non-hydrogen) atoms. The van der Waals surface area contributed by atoms with E-state index in [0.29, 0.717) is 13.2 Å². The lowest BCUT2D eigenvalue weighted by atomic mass is 9.76. The molecule has 0 aliphatic rings. The van der Waals surface area contributed by atoms with E-state index in [9.17, 15) is 9.59 Å².